The first kappa shape index (κ1) is 12.0. The quantitative estimate of drug-likeness (QED) is 0.915. The van der Waals surface area contributed by atoms with Crippen molar-refractivity contribution in [3.05, 3.63) is 46.4 Å². The lowest BCUT2D eigenvalue weighted by Gasteiger charge is -2.06. The van der Waals surface area contributed by atoms with Crippen molar-refractivity contribution in [3.8, 4) is 17.1 Å². The van der Waals surface area contributed by atoms with E-state index in [0.29, 0.717) is 18.3 Å². The Morgan fingerprint density at radius 3 is 2.68 bits per heavy atom. The maximum absolute atomic E-state index is 11.7. The van der Waals surface area contributed by atoms with Crippen molar-refractivity contribution >= 4 is 0 Å². The van der Waals surface area contributed by atoms with Crippen LogP contribution in [0, 0.1) is 0 Å². The predicted molar refractivity (Wildman–Crippen MR) is 73.4 cm³/mol. The van der Waals surface area contributed by atoms with Crippen LogP contribution in [0.4, 0.5) is 0 Å². The fourth-order valence-electron chi connectivity index (χ4n) is 2.08. The van der Waals surface area contributed by atoms with Crippen LogP contribution in [0.3, 0.4) is 0 Å². The minimum atomic E-state index is -0.0826. The molecule has 1 fully saturated rings. The first-order valence-corrected chi connectivity index (χ1v) is 6.61. The number of benzene rings is 1. The van der Waals surface area contributed by atoms with E-state index in [0.717, 1.165) is 29.8 Å². The average molecular weight is 256 g/mol. The number of nitrogens with one attached hydrogen (secondary N) is 1. The molecule has 98 valence electrons. The Kier molecular flexibility index (Phi) is 3.07. The van der Waals surface area contributed by atoms with Crippen molar-refractivity contribution in [2.24, 2.45) is 0 Å². The molecule has 0 radical (unpaired) electrons. The Hall–Kier alpha value is -2.10. The van der Waals surface area contributed by atoms with Crippen molar-refractivity contribution in [1.82, 2.24) is 9.97 Å². The SMILES string of the molecule is CCOc1ccc(-c2nc(C3CC3)cc(=O)[nH]2)cc1. The lowest BCUT2D eigenvalue weighted by atomic mass is 10.2. The van der Waals surface area contributed by atoms with Crippen LogP contribution < -0.4 is 10.3 Å². The zero-order valence-corrected chi connectivity index (χ0v) is 10.8. The lowest BCUT2D eigenvalue weighted by Crippen LogP contribution is -2.09. The fourth-order valence-corrected chi connectivity index (χ4v) is 2.08. The van der Waals surface area contributed by atoms with Gasteiger partial charge in [0.25, 0.3) is 5.56 Å². The first-order valence-electron chi connectivity index (χ1n) is 6.61. The number of aromatic nitrogens is 2. The average Bonchev–Trinajstić information content (AvgIpc) is 3.23. The highest BCUT2D eigenvalue weighted by Gasteiger charge is 2.25. The number of nitrogens with zero attached hydrogens (tertiary/aromatic N) is 1. The topological polar surface area (TPSA) is 55.0 Å². The van der Waals surface area contributed by atoms with Crippen molar-refractivity contribution in [2.45, 2.75) is 25.7 Å². The number of hydrogen-bond donors (Lipinski definition) is 1. The first-order chi connectivity index (χ1) is 9.26. The molecular formula is C15H16N2O2. The summed E-state index contributed by atoms with van der Waals surface area (Å²) in [5, 5.41) is 0. The Labute approximate surface area is 111 Å². The van der Waals surface area contributed by atoms with Crippen LogP contribution in [0.2, 0.25) is 0 Å². The molecule has 1 aromatic carbocycles. The molecule has 1 heterocycles. The van der Waals surface area contributed by atoms with Crippen LogP contribution in [0.5, 0.6) is 5.75 Å². The summed E-state index contributed by atoms with van der Waals surface area (Å²) in [6.45, 7) is 2.59. The van der Waals surface area contributed by atoms with Crippen molar-refractivity contribution in [2.75, 3.05) is 6.61 Å². The van der Waals surface area contributed by atoms with Gasteiger partial charge in [0.15, 0.2) is 0 Å². The minimum absolute atomic E-state index is 0.0826. The molecule has 1 aliphatic carbocycles. The molecule has 0 bridgehead atoms. The fraction of sp³-hybridized carbons (Fsp3) is 0.333. The standard InChI is InChI=1S/C15H16N2O2/c1-2-19-12-7-5-11(6-8-12)15-16-13(10-3-4-10)9-14(18)17-15/h5-10H,2-4H2,1H3,(H,16,17,18). The van der Waals surface area contributed by atoms with E-state index in [-0.39, 0.29) is 5.56 Å². The molecule has 1 saturated carbocycles. The normalized spacial score (nSPS) is 14.4. The van der Waals surface area contributed by atoms with Gasteiger partial charge in [0.1, 0.15) is 11.6 Å². The van der Waals surface area contributed by atoms with Crippen LogP contribution >= 0.6 is 0 Å². The third-order valence-corrected chi connectivity index (χ3v) is 3.20. The zero-order chi connectivity index (χ0) is 13.2. The molecule has 0 aliphatic heterocycles. The van der Waals surface area contributed by atoms with E-state index in [9.17, 15) is 4.79 Å². The molecule has 1 aliphatic rings. The van der Waals surface area contributed by atoms with Gasteiger partial charge in [-0.25, -0.2) is 4.98 Å². The smallest absolute Gasteiger partial charge is 0.251 e. The summed E-state index contributed by atoms with van der Waals surface area (Å²) in [6.07, 6.45) is 2.28. The number of hydrogen-bond acceptors (Lipinski definition) is 3. The van der Waals surface area contributed by atoms with Gasteiger partial charge in [-0.2, -0.15) is 0 Å². The number of aromatic amines is 1. The maximum Gasteiger partial charge on any atom is 0.251 e. The van der Waals surface area contributed by atoms with Crippen LogP contribution in [-0.4, -0.2) is 16.6 Å². The Bertz CT molecular complexity index is 627. The van der Waals surface area contributed by atoms with Gasteiger partial charge in [0.05, 0.1) is 12.3 Å². The molecule has 4 nitrogen and oxygen atoms in total. The summed E-state index contributed by atoms with van der Waals surface area (Å²) in [6, 6.07) is 9.22. The summed E-state index contributed by atoms with van der Waals surface area (Å²) in [5.41, 5.74) is 1.73. The molecule has 0 saturated heterocycles. The third-order valence-electron chi connectivity index (χ3n) is 3.20. The number of H-pyrrole nitrogens is 1. The van der Waals surface area contributed by atoms with E-state index < -0.39 is 0 Å². The number of rotatable bonds is 4. The molecule has 0 spiro atoms. The monoisotopic (exact) mass is 256 g/mol. The minimum Gasteiger partial charge on any atom is -0.494 e. The van der Waals surface area contributed by atoms with Gasteiger partial charge in [-0.1, -0.05) is 0 Å². The summed E-state index contributed by atoms with van der Waals surface area (Å²) in [7, 11) is 0. The second kappa shape index (κ2) is 4.88. The summed E-state index contributed by atoms with van der Waals surface area (Å²) >= 11 is 0. The second-order valence-electron chi connectivity index (χ2n) is 4.75. The molecule has 1 N–H and O–H groups in total. The Morgan fingerprint density at radius 2 is 2.05 bits per heavy atom. The molecule has 0 amide bonds. The van der Waals surface area contributed by atoms with Gasteiger partial charge >= 0.3 is 0 Å². The molecule has 0 atom stereocenters. The molecule has 1 aromatic heterocycles. The summed E-state index contributed by atoms with van der Waals surface area (Å²) in [4.78, 5) is 19.0. The van der Waals surface area contributed by atoms with Crippen LogP contribution in [0.25, 0.3) is 11.4 Å². The van der Waals surface area contributed by atoms with E-state index in [1.54, 1.807) is 6.07 Å². The zero-order valence-electron chi connectivity index (χ0n) is 10.8. The second-order valence-corrected chi connectivity index (χ2v) is 4.75. The van der Waals surface area contributed by atoms with Crippen molar-refractivity contribution in [3.63, 3.8) is 0 Å². The van der Waals surface area contributed by atoms with E-state index in [4.69, 9.17) is 4.74 Å². The summed E-state index contributed by atoms with van der Waals surface area (Å²) in [5.74, 6) is 1.94. The Balaban J connectivity index is 1.94. The van der Waals surface area contributed by atoms with Gasteiger partial charge in [-0.15, -0.1) is 0 Å². The molecule has 4 heteroatoms. The molecule has 3 rings (SSSR count). The third kappa shape index (κ3) is 2.67. The van der Waals surface area contributed by atoms with Crippen molar-refractivity contribution < 1.29 is 4.74 Å². The molecule has 2 aromatic rings. The highest BCUT2D eigenvalue weighted by molar-refractivity contribution is 5.56. The predicted octanol–water partition coefficient (Wildman–Crippen LogP) is 2.71. The summed E-state index contributed by atoms with van der Waals surface area (Å²) < 4.78 is 5.40. The molecule has 19 heavy (non-hydrogen) atoms. The van der Waals surface area contributed by atoms with Crippen molar-refractivity contribution in [1.29, 1.82) is 0 Å². The Morgan fingerprint density at radius 1 is 1.32 bits per heavy atom. The maximum atomic E-state index is 11.7. The lowest BCUT2D eigenvalue weighted by molar-refractivity contribution is 0.340. The van der Waals surface area contributed by atoms with Crippen LogP contribution in [0.1, 0.15) is 31.4 Å². The highest BCUT2D eigenvalue weighted by Crippen LogP contribution is 2.38. The van der Waals surface area contributed by atoms with Crippen LogP contribution in [-0.2, 0) is 0 Å². The van der Waals surface area contributed by atoms with Crippen LogP contribution in [0.15, 0.2) is 35.1 Å². The number of ether oxygens (including phenoxy) is 1. The largest absolute Gasteiger partial charge is 0.494 e. The highest BCUT2D eigenvalue weighted by atomic mass is 16.5. The van der Waals surface area contributed by atoms with E-state index in [2.05, 4.69) is 9.97 Å². The van der Waals surface area contributed by atoms with E-state index in [1.165, 1.54) is 0 Å². The van der Waals surface area contributed by atoms with E-state index >= 15 is 0 Å². The van der Waals surface area contributed by atoms with Gasteiger partial charge in [0.2, 0.25) is 0 Å². The molecule has 0 unspecified atom stereocenters. The van der Waals surface area contributed by atoms with Gasteiger partial charge in [-0.05, 0) is 44.0 Å². The van der Waals surface area contributed by atoms with E-state index in [1.807, 2.05) is 31.2 Å². The van der Waals surface area contributed by atoms with Gasteiger partial charge < -0.3 is 9.72 Å². The van der Waals surface area contributed by atoms with Gasteiger partial charge in [-0.3, -0.25) is 4.79 Å². The van der Waals surface area contributed by atoms with Gasteiger partial charge in [0, 0.05) is 17.5 Å². The molecular weight excluding hydrogens is 240 g/mol.